The first kappa shape index (κ1) is 12.9. The van der Waals surface area contributed by atoms with Crippen LogP contribution in [0.5, 0.6) is 0 Å². The number of aromatic amines is 1. The van der Waals surface area contributed by atoms with Gasteiger partial charge in [0.05, 0.1) is 23.2 Å². The number of hydrogen-bond donors (Lipinski definition) is 3. The number of rotatable bonds is 3. The Hall–Kier alpha value is -2.08. The van der Waals surface area contributed by atoms with Gasteiger partial charge in [-0.05, 0) is 31.9 Å². The zero-order valence-corrected chi connectivity index (χ0v) is 11.3. The fraction of sp³-hybridized carbons (Fsp3) is 0.429. The number of nitrogens with zero attached hydrogens (tertiary/aromatic N) is 1. The van der Waals surface area contributed by atoms with Gasteiger partial charge in [-0.2, -0.15) is 0 Å². The predicted molar refractivity (Wildman–Crippen MR) is 76.7 cm³/mol. The summed E-state index contributed by atoms with van der Waals surface area (Å²) in [5, 5.41) is 5.59. The lowest BCUT2D eigenvalue weighted by molar-refractivity contribution is 0.0868. The normalized spacial score (nSPS) is 19.9. The summed E-state index contributed by atoms with van der Waals surface area (Å²) in [5.74, 6) is 0.447. The number of hydrogen-bond acceptors (Lipinski definition) is 3. The fourth-order valence-electron chi connectivity index (χ4n) is 2.45. The second kappa shape index (κ2) is 5.50. The number of H-pyrrole nitrogens is 1. The number of aromatic nitrogens is 2. The van der Waals surface area contributed by atoms with E-state index in [1.807, 2.05) is 31.2 Å². The van der Waals surface area contributed by atoms with Crippen molar-refractivity contribution in [3.8, 4) is 0 Å². The van der Waals surface area contributed by atoms with Crippen LogP contribution >= 0.6 is 0 Å². The highest BCUT2D eigenvalue weighted by atomic mass is 16.5. The minimum absolute atomic E-state index is 0.0121. The van der Waals surface area contributed by atoms with Gasteiger partial charge in [-0.1, -0.05) is 12.1 Å². The van der Waals surface area contributed by atoms with Gasteiger partial charge in [0.15, 0.2) is 0 Å². The molecule has 0 bridgehead atoms. The van der Waals surface area contributed by atoms with E-state index in [4.69, 9.17) is 4.74 Å². The smallest absolute Gasteiger partial charge is 0.321 e. The maximum Gasteiger partial charge on any atom is 0.321 e. The van der Waals surface area contributed by atoms with E-state index in [9.17, 15) is 4.79 Å². The summed E-state index contributed by atoms with van der Waals surface area (Å²) in [6.07, 6.45) is 2.16. The van der Waals surface area contributed by atoms with Crippen LogP contribution in [0.15, 0.2) is 24.3 Å². The van der Waals surface area contributed by atoms with Crippen molar-refractivity contribution in [3.05, 3.63) is 24.3 Å². The quantitative estimate of drug-likeness (QED) is 0.803. The Bertz CT molecular complexity index is 571. The van der Waals surface area contributed by atoms with Gasteiger partial charge in [0.1, 0.15) is 0 Å². The van der Waals surface area contributed by atoms with Crippen molar-refractivity contribution in [2.75, 3.05) is 11.9 Å². The highest BCUT2D eigenvalue weighted by Gasteiger charge is 2.23. The van der Waals surface area contributed by atoms with Gasteiger partial charge in [-0.25, -0.2) is 9.78 Å². The van der Waals surface area contributed by atoms with Crippen LogP contribution in [0.2, 0.25) is 0 Å². The molecule has 1 aliphatic rings. The molecule has 1 aliphatic heterocycles. The van der Waals surface area contributed by atoms with Gasteiger partial charge in [0, 0.05) is 6.61 Å². The standard InChI is InChI=1S/C14H18N4O2/c1-9(12-7-4-8-20-12)15-14(19)18-13-16-10-5-2-3-6-11(10)17-13/h2-3,5-6,9,12H,4,7-8H2,1H3,(H3,15,16,17,18,19)/t9-,12+/m1/s1. The fourth-order valence-corrected chi connectivity index (χ4v) is 2.45. The lowest BCUT2D eigenvalue weighted by Crippen LogP contribution is -2.43. The third-order valence-electron chi connectivity index (χ3n) is 3.50. The molecule has 6 heteroatoms. The molecule has 0 spiro atoms. The zero-order chi connectivity index (χ0) is 13.9. The van der Waals surface area contributed by atoms with E-state index < -0.39 is 0 Å². The molecule has 0 aliphatic carbocycles. The van der Waals surface area contributed by atoms with E-state index in [0.717, 1.165) is 30.5 Å². The maximum atomic E-state index is 11.9. The first-order chi connectivity index (χ1) is 9.72. The minimum Gasteiger partial charge on any atom is -0.376 e. The summed E-state index contributed by atoms with van der Waals surface area (Å²) in [6.45, 7) is 2.73. The Balaban J connectivity index is 1.60. The molecule has 0 unspecified atom stereocenters. The van der Waals surface area contributed by atoms with Crippen molar-refractivity contribution >= 4 is 23.0 Å². The van der Waals surface area contributed by atoms with Crippen molar-refractivity contribution < 1.29 is 9.53 Å². The summed E-state index contributed by atoms with van der Waals surface area (Å²) < 4.78 is 5.55. The van der Waals surface area contributed by atoms with E-state index in [0.29, 0.717) is 5.95 Å². The first-order valence-electron chi connectivity index (χ1n) is 6.86. The van der Waals surface area contributed by atoms with Crippen LogP contribution in [0.1, 0.15) is 19.8 Å². The largest absolute Gasteiger partial charge is 0.376 e. The van der Waals surface area contributed by atoms with Crippen molar-refractivity contribution in [2.45, 2.75) is 31.9 Å². The number of ether oxygens (including phenoxy) is 1. The van der Waals surface area contributed by atoms with Crippen molar-refractivity contribution in [1.82, 2.24) is 15.3 Å². The van der Waals surface area contributed by atoms with E-state index >= 15 is 0 Å². The Labute approximate surface area is 116 Å². The maximum absolute atomic E-state index is 11.9. The summed E-state index contributed by atoms with van der Waals surface area (Å²) >= 11 is 0. The molecule has 3 N–H and O–H groups in total. The van der Waals surface area contributed by atoms with Gasteiger partial charge >= 0.3 is 6.03 Å². The highest BCUT2D eigenvalue weighted by Crippen LogP contribution is 2.16. The minimum atomic E-state index is -0.271. The van der Waals surface area contributed by atoms with Crippen molar-refractivity contribution in [1.29, 1.82) is 0 Å². The number of anilines is 1. The molecule has 1 aromatic heterocycles. The molecule has 6 nitrogen and oxygen atoms in total. The van der Waals surface area contributed by atoms with Gasteiger partial charge in [0.2, 0.25) is 5.95 Å². The van der Waals surface area contributed by atoms with E-state index in [1.54, 1.807) is 0 Å². The second-order valence-corrected chi connectivity index (χ2v) is 5.04. The average molecular weight is 274 g/mol. The van der Waals surface area contributed by atoms with Crippen LogP contribution in [0.4, 0.5) is 10.7 Å². The van der Waals surface area contributed by atoms with E-state index in [1.165, 1.54) is 0 Å². The van der Waals surface area contributed by atoms with Gasteiger partial charge in [0.25, 0.3) is 0 Å². The second-order valence-electron chi connectivity index (χ2n) is 5.04. The van der Waals surface area contributed by atoms with Crippen LogP contribution < -0.4 is 10.6 Å². The number of urea groups is 1. The molecule has 1 aromatic carbocycles. The molecule has 1 saturated heterocycles. The third kappa shape index (κ3) is 2.75. The molecule has 2 aromatic rings. The molecular weight excluding hydrogens is 256 g/mol. The number of para-hydroxylation sites is 2. The predicted octanol–water partition coefficient (Wildman–Crippen LogP) is 2.25. The lowest BCUT2D eigenvalue weighted by atomic mass is 10.1. The van der Waals surface area contributed by atoms with Crippen LogP contribution in [0.3, 0.4) is 0 Å². The number of carbonyl (C=O) groups excluding carboxylic acids is 1. The van der Waals surface area contributed by atoms with Crippen LogP contribution in [0.25, 0.3) is 11.0 Å². The topological polar surface area (TPSA) is 79.0 Å². The summed E-state index contributed by atoms with van der Waals surface area (Å²) in [4.78, 5) is 19.3. The third-order valence-corrected chi connectivity index (χ3v) is 3.50. The van der Waals surface area contributed by atoms with Crippen molar-refractivity contribution in [2.24, 2.45) is 0 Å². The average Bonchev–Trinajstić information content (AvgIpc) is 3.07. The van der Waals surface area contributed by atoms with Crippen LogP contribution in [-0.2, 0) is 4.74 Å². The molecule has 0 radical (unpaired) electrons. The Morgan fingerprint density at radius 3 is 3.10 bits per heavy atom. The molecular formula is C14H18N4O2. The Morgan fingerprint density at radius 2 is 2.35 bits per heavy atom. The molecule has 20 heavy (non-hydrogen) atoms. The number of benzene rings is 1. The lowest BCUT2D eigenvalue weighted by Gasteiger charge is -2.19. The monoisotopic (exact) mass is 274 g/mol. The molecule has 1 fully saturated rings. The number of fused-ring (bicyclic) bond motifs is 1. The van der Waals surface area contributed by atoms with Gasteiger partial charge in [-0.3, -0.25) is 5.32 Å². The zero-order valence-electron chi connectivity index (χ0n) is 11.3. The van der Waals surface area contributed by atoms with Crippen LogP contribution in [0, 0.1) is 0 Å². The summed E-state index contributed by atoms with van der Waals surface area (Å²) in [6, 6.07) is 7.36. The molecule has 2 heterocycles. The van der Waals surface area contributed by atoms with Crippen molar-refractivity contribution in [3.63, 3.8) is 0 Å². The van der Waals surface area contributed by atoms with E-state index in [-0.39, 0.29) is 18.2 Å². The van der Waals surface area contributed by atoms with Gasteiger partial charge < -0.3 is 15.0 Å². The van der Waals surface area contributed by atoms with E-state index in [2.05, 4.69) is 20.6 Å². The SMILES string of the molecule is C[C@@H](NC(=O)Nc1nc2ccccc2[nH]1)[C@@H]1CCCO1. The molecule has 2 atom stereocenters. The highest BCUT2D eigenvalue weighted by molar-refractivity contribution is 5.89. The number of imidazole rings is 1. The number of nitrogens with one attached hydrogen (secondary N) is 3. The molecule has 3 rings (SSSR count). The first-order valence-corrected chi connectivity index (χ1v) is 6.86. The number of carbonyl (C=O) groups is 1. The Kier molecular flexibility index (Phi) is 3.56. The van der Waals surface area contributed by atoms with Gasteiger partial charge in [-0.15, -0.1) is 0 Å². The van der Waals surface area contributed by atoms with Crippen LogP contribution in [-0.4, -0.2) is 34.8 Å². The molecule has 2 amide bonds. The summed E-state index contributed by atoms with van der Waals surface area (Å²) in [7, 11) is 0. The summed E-state index contributed by atoms with van der Waals surface area (Å²) in [5.41, 5.74) is 1.73. The Morgan fingerprint density at radius 1 is 1.50 bits per heavy atom. The number of amides is 2. The molecule has 106 valence electrons. The molecule has 0 saturated carbocycles.